The quantitative estimate of drug-likeness (QED) is 0.659. The number of hydrogen-bond acceptors (Lipinski definition) is 5. The molecule has 2 amide bonds. The van der Waals surface area contributed by atoms with Crippen molar-refractivity contribution in [2.75, 3.05) is 19.8 Å². The Morgan fingerprint density at radius 2 is 1.71 bits per heavy atom. The third-order valence-corrected chi connectivity index (χ3v) is 7.55. The van der Waals surface area contributed by atoms with Crippen molar-refractivity contribution in [3.8, 4) is 11.1 Å². The van der Waals surface area contributed by atoms with E-state index in [1.165, 1.54) is 0 Å². The monoisotopic (exact) mass is 478 g/mol. The summed E-state index contributed by atoms with van der Waals surface area (Å²) in [5, 5.41) is 12.3. The minimum absolute atomic E-state index is 0.0479. The number of carboxylic acid groups (broad SMARTS) is 1. The lowest BCUT2D eigenvalue weighted by atomic mass is 9.98. The zero-order valence-electron chi connectivity index (χ0n) is 19.7. The van der Waals surface area contributed by atoms with Gasteiger partial charge in [0.25, 0.3) is 5.91 Å². The highest BCUT2D eigenvalue weighted by Crippen LogP contribution is 2.44. The molecular formula is C27H30N2O6. The fourth-order valence-electron chi connectivity index (χ4n) is 5.86. The maximum atomic E-state index is 13.2. The molecule has 2 unspecified atom stereocenters. The van der Waals surface area contributed by atoms with Gasteiger partial charge in [-0.15, -0.1) is 0 Å². The summed E-state index contributed by atoms with van der Waals surface area (Å²) in [6.07, 6.45) is 0.0543. The molecule has 8 nitrogen and oxygen atoms in total. The van der Waals surface area contributed by atoms with Crippen molar-refractivity contribution in [3.05, 3.63) is 59.7 Å². The lowest BCUT2D eigenvalue weighted by Crippen LogP contribution is -2.51. The number of benzene rings is 2. The molecule has 0 spiro atoms. The molecule has 35 heavy (non-hydrogen) atoms. The number of nitrogens with zero attached hydrogens (tertiary/aromatic N) is 1. The summed E-state index contributed by atoms with van der Waals surface area (Å²) < 4.78 is 11.3. The van der Waals surface area contributed by atoms with E-state index >= 15 is 0 Å². The lowest BCUT2D eigenvalue weighted by molar-refractivity contribution is -0.146. The lowest BCUT2D eigenvalue weighted by Gasteiger charge is -2.30. The van der Waals surface area contributed by atoms with Crippen molar-refractivity contribution in [2.45, 2.75) is 50.3 Å². The van der Waals surface area contributed by atoms with Crippen LogP contribution in [0, 0.1) is 5.92 Å². The standard InChI is InChI=1S/C27H30N2O6/c1-2-23-20(26(31)32)11-13-29(23)25(30)24-22(12-14-34-24)28-27(33)35-15-21-18-9-5-3-7-16(18)17-8-4-6-10-19(17)21/h3-10,20-24H,2,11-15H2,1H3,(H,28,33)(H,31,32)/t20?,22-,23?,24+/m1/s1. The van der Waals surface area contributed by atoms with E-state index in [1.54, 1.807) is 4.90 Å². The van der Waals surface area contributed by atoms with Gasteiger partial charge in [0.2, 0.25) is 0 Å². The van der Waals surface area contributed by atoms with Crippen LogP contribution < -0.4 is 5.32 Å². The van der Waals surface area contributed by atoms with Gasteiger partial charge >= 0.3 is 12.1 Å². The van der Waals surface area contributed by atoms with Crippen LogP contribution in [0.25, 0.3) is 11.1 Å². The van der Waals surface area contributed by atoms with Crippen LogP contribution in [0.3, 0.4) is 0 Å². The van der Waals surface area contributed by atoms with E-state index < -0.39 is 30.1 Å². The molecule has 1 aliphatic carbocycles. The molecule has 0 bridgehead atoms. The van der Waals surface area contributed by atoms with Gasteiger partial charge < -0.3 is 24.8 Å². The number of ether oxygens (including phenoxy) is 2. The van der Waals surface area contributed by atoms with Crippen molar-refractivity contribution in [1.29, 1.82) is 0 Å². The number of hydrogen-bond donors (Lipinski definition) is 2. The summed E-state index contributed by atoms with van der Waals surface area (Å²) in [5.74, 6) is -1.76. The Labute approximate surface area is 204 Å². The van der Waals surface area contributed by atoms with Crippen molar-refractivity contribution >= 4 is 18.0 Å². The molecule has 2 heterocycles. The number of aliphatic carboxylic acids is 1. The van der Waals surface area contributed by atoms with Crippen molar-refractivity contribution < 1.29 is 29.0 Å². The molecule has 2 aliphatic heterocycles. The minimum atomic E-state index is -0.882. The zero-order chi connectivity index (χ0) is 24.5. The molecule has 5 rings (SSSR count). The van der Waals surface area contributed by atoms with E-state index in [1.807, 2.05) is 31.2 Å². The maximum absolute atomic E-state index is 13.2. The third-order valence-electron chi connectivity index (χ3n) is 7.55. The van der Waals surface area contributed by atoms with Crippen molar-refractivity contribution in [2.24, 2.45) is 5.92 Å². The first kappa shape index (κ1) is 23.4. The second-order valence-corrected chi connectivity index (χ2v) is 9.40. The van der Waals surface area contributed by atoms with E-state index in [9.17, 15) is 19.5 Å². The first-order valence-corrected chi connectivity index (χ1v) is 12.3. The summed E-state index contributed by atoms with van der Waals surface area (Å²) in [6, 6.07) is 15.4. The fourth-order valence-corrected chi connectivity index (χ4v) is 5.86. The highest BCUT2D eigenvalue weighted by molar-refractivity contribution is 5.85. The number of carbonyl (C=O) groups excluding carboxylic acids is 2. The molecule has 8 heteroatoms. The summed E-state index contributed by atoms with van der Waals surface area (Å²) >= 11 is 0. The average molecular weight is 479 g/mol. The van der Waals surface area contributed by atoms with Gasteiger partial charge in [-0.25, -0.2) is 4.79 Å². The van der Waals surface area contributed by atoms with Crippen LogP contribution in [0.2, 0.25) is 0 Å². The molecule has 184 valence electrons. The molecule has 2 N–H and O–H groups in total. The van der Waals surface area contributed by atoms with Crippen LogP contribution in [-0.2, 0) is 19.1 Å². The Balaban J connectivity index is 1.22. The SMILES string of the molecule is CCC1C(C(=O)O)CCN1C(=O)[C@H]1OCC[C@H]1NC(=O)OCC1c2ccccc2-c2ccccc21. The van der Waals surface area contributed by atoms with Gasteiger partial charge in [-0.2, -0.15) is 0 Å². The smallest absolute Gasteiger partial charge is 0.407 e. The number of nitrogens with one attached hydrogen (secondary N) is 1. The predicted molar refractivity (Wildman–Crippen MR) is 128 cm³/mol. The third kappa shape index (κ3) is 4.27. The van der Waals surface area contributed by atoms with Crippen molar-refractivity contribution in [3.63, 3.8) is 0 Å². The van der Waals surface area contributed by atoms with Crippen molar-refractivity contribution in [1.82, 2.24) is 10.2 Å². The number of alkyl carbamates (subject to hydrolysis) is 1. The van der Waals surface area contributed by atoms with Crippen LogP contribution in [-0.4, -0.2) is 65.9 Å². The van der Waals surface area contributed by atoms with Crippen LogP contribution in [0.5, 0.6) is 0 Å². The second-order valence-electron chi connectivity index (χ2n) is 9.40. The summed E-state index contributed by atoms with van der Waals surface area (Å²) in [5.41, 5.74) is 4.57. The van der Waals surface area contributed by atoms with E-state index in [2.05, 4.69) is 29.6 Å². The van der Waals surface area contributed by atoms with Gasteiger partial charge in [0.15, 0.2) is 6.10 Å². The van der Waals surface area contributed by atoms with E-state index in [-0.39, 0.29) is 24.5 Å². The highest BCUT2D eigenvalue weighted by atomic mass is 16.6. The normalized spacial score (nSPS) is 25.2. The van der Waals surface area contributed by atoms with Gasteiger partial charge in [-0.3, -0.25) is 9.59 Å². The van der Waals surface area contributed by atoms with Gasteiger partial charge in [0, 0.05) is 25.1 Å². The average Bonchev–Trinajstić information content (AvgIpc) is 3.58. The highest BCUT2D eigenvalue weighted by Gasteiger charge is 2.45. The predicted octanol–water partition coefficient (Wildman–Crippen LogP) is 3.39. The van der Waals surface area contributed by atoms with Crippen LogP contribution >= 0.6 is 0 Å². The molecule has 2 saturated heterocycles. The summed E-state index contributed by atoms with van der Waals surface area (Å²) in [7, 11) is 0. The Kier molecular flexibility index (Phi) is 6.47. The molecular weight excluding hydrogens is 448 g/mol. The number of likely N-dealkylation sites (tertiary alicyclic amines) is 1. The van der Waals surface area contributed by atoms with Gasteiger partial charge in [0.05, 0.1) is 12.0 Å². The maximum Gasteiger partial charge on any atom is 0.407 e. The molecule has 0 radical (unpaired) electrons. The van der Waals surface area contributed by atoms with E-state index in [4.69, 9.17) is 9.47 Å². The Hall–Kier alpha value is -3.39. The van der Waals surface area contributed by atoms with Gasteiger partial charge in [-0.1, -0.05) is 55.5 Å². The number of fused-ring (bicyclic) bond motifs is 3. The summed E-state index contributed by atoms with van der Waals surface area (Å²) in [6.45, 7) is 2.80. The van der Waals surface area contributed by atoms with Crippen LogP contribution in [0.15, 0.2) is 48.5 Å². The zero-order valence-corrected chi connectivity index (χ0v) is 19.7. The molecule has 2 aromatic rings. The topological polar surface area (TPSA) is 105 Å². The Morgan fingerprint density at radius 3 is 2.34 bits per heavy atom. The fraction of sp³-hybridized carbons (Fsp3) is 0.444. The molecule has 0 saturated carbocycles. The minimum Gasteiger partial charge on any atom is -0.481 e. The van der Waals surface area contributed by atoms with Gasteiger partial charge in [0.1, 0.15) is 6.61 Å². The number of rotatable bonds is 6. The molecule has 4 atom stereocenters. The molecule has 2 fully saturated rings. The van der Waals surface area contributed by atoms with Crippen LogP contribution in [0.4, 0.5) is 4.79 Å². The Morgan fingerprint density at radius 1 is 1.06 bits per heavy atom. The number of carbonyl (C=O) groups is 3. The number of carboxylic acids is 1. The first-order valence-electron chi connectivity index (χ1n) is 12.3. The van der Waals surface area contributed by atoms with Gasteiger partial charge in [-0.05, 0) is 41.5 Å². The molecule has 3 aliphatic rings. The van der Waals surface area contributed by atoms with E-state index in [0.29, 0.717) is 32.4 Å². The van der Waals surface area contributed by atoms with Crippen LogP contribution in [0.1, 0.15) is 43.2 Å². The second kappa shape index (κ2) is 9.70. The molecule has 2 aromatic carbocycles. The Bertz CT molecular complexity index is 1090. The molecule has 0 aromatic heterocycles. The largest absolute Gasteiger partial charge is 0.481 e. The van der Waals surface area contributed by atoms with E-state index in [0.717, 1.165) is 22.3 Å². The summed E-state index contributed by atoms with van der Waals surface area (Å²) in [4.78, 5) is 39.1. The first-order chi connectivity index (χ1) is 17.0. The number of amides is 2.